The molecule has 0 aromatic rings. The SMILES string of the molecule is CCCC[C+](C)C. The highest BCUT2D eigenvalue weighted by Crippen LogP contribution is 2.06. The van der Waals surface area contributed by atoms with Crippen LogP contribution in [0.5, 0.6) is 0 Å². The van der Waals surface area contributed by atoms with Crippen LogP contribution in [0.15, 0.2) is 0 Å². The van der Waals surface area contributed by atoms with E-state index in [-0.39, 0.29) is 0 Å². The Morgan fingerprint density at radius 1 is 1.29 bits per heavy atom. The summed E-state index contributed by atoms with van der Waals surface area (Å²) in [7, 11) is 0. The van der Waals surface area contributed by atoms with Gasteiger partial charge in [-0.1, -0.05) is 13.3 Å². The Morgan fingerprint density at radius 3 is 2.00 bits per heavy atom. The van der Waals surface area contributed by atoms with Gasteiger partial charge in [-0.05, 0) is 6.42 Å². The average molecular weight is 99.2 g/mol. The molecule has 0 bridgehead atoms. The van der Waals surface area contributed by atoms with Gasteiger partial charge in [0.15, 0.2) is 0 Å². The van der Waals surface area contributed by atoms with Crippen LogP contribution in [0.2, 0.25) is 0 Å². The molecule has 0 aliphatic carbocycles. The molecular formula is C7H15+. The van der Waals surface area contributed by atoms with Crippen LogP contribution >= 0.6 is 0 Å². The molecule has 0 nitrogen and oxygen atoms in total. The third kappa shape index (κ3) is 5.87. The first-order valence-corrected chi connectivity index (χ1v) is 3.06. The molecule has 0 atom stereocenters. The molecule has 0 aliphatic heterocycles. The van der Waals surface area contributed by atoms with Crippen molar-refractivity contribution in [2.24, 2.45) is 0 Å². The lowest BCUT2D eigenvalue weighted by Gasteiger charge is -1.88. The van der Waals surface area contributed by atoms with Crippen LogP contribution in [0.3, 0.4) is 0 Å². The molecule has 0 spiro atoms. The highest BCUT2D eigenvalue weighted by Gasteiger charge is 1.99. The fourth-order valence-corrected chi connectivity index (χ4v) is 0.530. The van der Waals surface area contributed by atoms with Crippen molar-refractivity contribution < 1.29 is 0 Å². The summed E-state index contributed by atoms with van der Waals surface area (Å²) < 4.78 is 0. The van der Waals surface area contributed by atoms with E-state index >= 15 is 0 Å². The second-order valence-corrected chi connectivity index (χ2v) is 2.31. The molecule has 0 saturated carbocycles. The molecule has 0 aliphatic rings. The van der Waals surface area contributed by atoms with Crippen LogP contribution in [0, 0.1) is 5.92 Å². The van der Waals surface area contributed by atoms with Crippen LogP contribution in [0.25, 0.3) is 0 Å². The minimum atomic E-state index is 1.32. The summed E-state index contributed by atoms with van der Waals surface area (Å²) in [6.07, 6.45) is 4.00. The molecule has 0 saturated heterocycles. The molecule has 0 heteroatoms. The Kier molecular flexibility index (Phi) is 3.97. The maximum absolute atomic E-state index is 2.23. The van der Waals surface area contributed by atoms with Crippen molar-refractivity contribution >= 4 is 0 Å². The topological polar surface area (TPSA) is 0 Å². The molecule has 0 aromatic carbocycles. The van der Waals surface area contributed by atoms with Crippen LogP contribution in [-0.2, 0) is 0 Å². The monoisotopic (exact) mass is 99.1 g/mol. The molecule has 0 fully saturated rings. The molecule has 0 aromatic heterocycles. The van der Waals surface area contributed by atoms with Crippen LogP contribution < -0.4 is 0 Å². The fourth-order valence-electron chi connectivity index (χ4n) is 0.530. The fraction of sp³-hybridized carbons (Fsp3) is 0.857. The average Bonchev–Trinajstić information content (AvgIpc) is 1.61. The molecule has 0 heterocycles. The maximum Gasteiger partial charge on any atom is 0.0894 e. The predicted molar refractivity (Wildman–Crippen MR) is 34.1 cm³/mol. The van der Waals surface area contributed by atoms with E-state index in [1.54, 1.807) is 5.92 Å². The van der Waals surface area contributed by atoms with Gasteiger partial charge in [0.2, 0.25) is 0 Å². The Balaban J connectivity index is 2.68. The highest BCUT2D eigenvalue weighted by molar-refractivity contribution is 4.75. The minimum Gasteiger partial charge on any atom is -0.0652 e. The molecule has 0 amide bonds. The zero-order chi connectivity index (χ0) is 5.70. The number of rotatable bonds is 3. The summed E-state index contributed by atoms with van der Waals surface area (Å²) in [6.45, 7) is 6.61. The van der Waals surface area contributed by atoms with E-state index < -0.39 is 0 Å². The van der Waals surface area contributed by atoms with Gasteiger partial charge in [0, 0.05) is 0 Å². The summed E-state index contributed by atoms with van der Waals surface area (Å²) in [4.78, 5) is 0. The lowest BCUT2D eigenvalue weighted by Crippen LogP contribution is -1.81. The van der Waals surface area contributed by atoms with Gasteiger partial charge < -0.3 is 0 Å². The van der Waals surface area contributed by atoms with E-state index in [1.165, 1.54) is 19.3 Å². The van der Waals surface area contributed by atoms with Crippen LogP contribution in [-0.4, -0.2) is 0 Å². The first-order chi connectivity index (χ1) is 3.27. The van der Waals surface area contributed by atoms with E-state index in [4.69, 9.17) is 0 Å². The second kappa shape index (κ2) is 4.04. The van der Waals surface area contributed by atoms with Crippen molar-refractivity contribution in [3.8, 4) is 0 Å². The van der Waals surface area contributed by atoms with Gasteiger partial charge in [-0.15, -0.1) is 0 Å². The van der Waals surface area contributed by atoms with E-state index in [0.29, 0.717) is 0 Å². The van der Waals surface area contributed by atoms with Crippen molar-refractivity contribution in [3.63, 3.8) is 0 Å². The summed E-state index contributed by atoms with van der Waals surface area (Å²) >= 11 is 0. The van der Waals surface area contributed by atoms with Gasteiger partial charge in [-0.3, -0.25) is 0 Å². The second-order valence-electron chi connectivity index (χ2n) is 2.31. The van der Waals surface area contributed by atoms with Gasteiger partial charge in [-0.25, -0.2) is 0 Å². The summed E-state index contributed by atoms with van der Waals surface area (Å²) in [5.74, 6) is 1.56. The summed E-state index contributed by atoms with van der Waals surface area (Å²) in [6, 6.07) is 0. The normalized spacial score (nSPS) is 9.00. The molecule has 0 unspecified atom stereocenters. The standard InChI is InChI=1S/C7H15/c1-4-5-6-7(2)3/h4-6H2,1-3H3/q+1. The molecule has 0 rings (SSSR count). The zero-order valence-corrected chi connectivity index (χ0v) is 5.62. The molecule has 0 radical (unpaired) electrons. The summed E-state index contributed by atoms with van der Waals surface area (Å²) in [5.41, 5.74) is 0. The van der Waals surface area contributed by atoms with Gasteiger partial charge in [0.25, 0.3) is 0 Å². The van der Waals surface area contributed by atoms with Gasteiger partial charge in [0.05, 0.1) is 26.2 Å². The first-order valence-electron chi connectivity index (χ1n) is 3.06. The van der Waals surface area contributed by atoms with Crippen LogP contribution in [0.4, 0.5) is 0 Å². The van der Waals surface area contributed by atoms with E-state index in [2.05, 4.69) is 20.8 Å². The molecular weight excluding hydrogens is 84.1 g/mol. The summed E-state index contributed by atoms with van der Waals surface area (Å²) in [5, 5.41) is 0. The van der Waals surface area contributed by atoms with Crippen LogP contribution in [0.1, 0.15) is 40.0 Å². The lowest BCUT2D eigenvalue weighted by molar-refractivity contribution is 0.729. The van der Waals surface area contributed by atoms with Crippen molar-refractivity contribution in [1.82, 2.24) is 0 Å². The maximum atomic E-state index is 2.23. The Bertz CT molecular complexity index is 29.0. The molecule has 0 N–H and O–H groups in total. The van der Waals surface area contributed by atoms with E-state index in [0.717, 1.165) is 0 Å². The smallest absolute Gasteiger partial charge is 0.0652 e. The third-order valence-electron chi connectivity index (χ3n) is 1.03. The predicted octanol–water partition coefficient (Wildman–Crippen LogP) is 2.79. The van der Waals surface area contributed by atoms with Crippen molar-refractivity contribution in [2.75, 3.05) is 0 Å². The number of hydrogen-bond donors (Lipinski definition) is 0. The number of hydrogen-bond acceptors (Lipinski definition) is 0. The van der Waals surface area contributed by atoms with E-state index in [1.807, 2.05) is 0 Å². The quantitative estimate of drug-likeness (QED) is 0.477. The highest BCUT2D eigenvalue weighted by atomic mass is 13.9. The zero-order valence-electron chi connectivity index (χ0n) is 5.62. The van der Waals surface area contributed by atoms with Gasteiger partial charge in [-0.2, -0.15) is 0 Å². The largest absolute Gasteiger partial charge is 0.0894 e. The number of unbranched alkanes of at least 4 members (excludes halogenated alkanes) is 1. The third-order valence-corrected chi connectivity index (χ3v) is 1.03. The Morgan fingerprint density at radius 2 is 1.86 bits per heavy atom. The molecule has 42 valence electrons. The Hall–Kier alpha value is -0.130. The van der Waals surface area contributed by atoms with Gasteiger partial charge in [0.1, 0.15) is 0 Å². The van der Waals surface area contributed by atoms with Crippen molar-refractivity contribution in [1.29, 1.82) is 0 Å². The minimum absolute atomic E-state index is 1.32. The van der Waals surface area contributed by atoms with Crippen molar-refractivity contribution in [3.05, 3.63) is 5.92 Å². The van der Waals surface area contributed by atoms with Gasteiger partial charge >= 0.3 is 0 Å². The molecule has 7 heavy (non-hydrogen) atoms. The van der Waals surface area contributed by atoms with Crippen molar-refractivity contribution in [2.45, 2.75) is 40.0 Å². The Labute approximate surface area is 46.9 Å². The van der Waals surface area contributed by atoms with E-state index in [9.17, 15) is 0 Å². The lowest BCUT2D eigenvalue weighted by atomic mass is 10.1. The first kappa shape index (κ1) is 6.87.